The summed E-state index contributed by atoms with van der Waals surface area (Å²) in [6.45, 7) is 4.03. The fourth-order valence-electron chi connectivity index (χ4n) is 3.98. The summed E-state index contributed by atoms with van der Waals surface area (Å²) in [4.78, 5) is 8.32. The Morgan fingerprint density at radius 3 is 2.71 bits per heavy atom. The van der Waals surface area contributed by atoms with Crippen molar-refractivity contribution in [3.05, 3.63) is 54.6 Å². The number of hydrogen-bond acceptors (Lipinski definition) is 5. The summed E-state index contributed by atoms with van der Waals surface area (Å²) < 4.78 is 38.7. The Morgan fingerprint density at radius 1 is 1.10 bits per heavy atom. The number of hydrogen-bond donors (Lipinski definition) is 1. The van der Waals surface area contributed by atoms with E-state index in [1.807, 2.05) is 43.3 Å². The molecule has 1 fully saturated rings. The average molecular weight is 438 g/mol. The molecule has 2 heterocycles. The second-order valence-electron chi connectivity index (χ2n) is 7.37. The number of fused-ring (bicyclic) bond motifs is 2. The molecule has 0 unspecified atom stereocenters. The zero-order chi connectivity index (χ0) is 21.4. The molecule has 1 N–H and O–H groups in total. The lowest BCUT2D eigenvalue weighted by Crippen LogP contribution is -2.40. The monoisotopic (exact) mass is 437 g/mol. The summed E-state index contributed by atoms with van der Waals surface area (Å²) in [5.74, 6) is 1.39. The maximum atomic E-state index is 13.0. The van der Waals surface area contributed by atoms with E-state index in [0.717, 1.165) is 22.1 Å². The molecule has 4 aromatic rings. The normalized spacial score (nSPS) is 15.5. The molecular weight excluding hydrogens is 414 g/mol. The largest absolute Gasteiger partial charge is 0.493 e. The number of ether oxygens (including phenoxy) is 2. The van der Waals surface area contributed by atoms with Crippen LogP contribution in [-0.2, 0) is 14.8 Å². The quantitative estimate of drug-likeness (QED) is 0.513. The van der Waals surface area contributed by atoms with Gasteiger partial charge in [-0.1, -0.05) is 30.3 Å². The van der Waals surface area contributed by atoms with Crippen molar-refractivity contribution in [2.24, 2.45) is 0 Å². The van der Waals surface area contributed by atoms with E-state index < -0.39 is 10.0 Å². The minimum atomic E-state index is -3.58. The number of imidazole rings is 1. The highest BCUT2D eigenvalue weighted by molar-refractivity contribution is 7.89. The number of aromatic amines is 1. The van der Waals surface area contributed by atoms with Gasteiger partial charge < -0.3 is 14.5 Å². The minimum absolute atomic E-state index is 0.250. The van der Waals surface area contributed by atoms with Gasteiger partial charge in [0.2, 0.25) is 10.0 Å². The van der Waals surface area contributed by atoms with Crippen molar-refractivity contribution in [2.45, 2.75) is 11.8 Å². The Kier molecular flexibility index (Phi) is 5.13. The summed E-state index contributed by atoms with van der Waals surface area (Å²) in [6, 6.07) is 17.0. The van der Waals surface area contributed by atoms with Gasteiger partial charge in [0.25, 0.3) is 0 Å². The molecule has 0 amide bonds. The lowest BCUT2D eigenvalue weighted by atomic mass is 10.0. The van der Waals surface area contributed by atoms with Gasteiger partial charge in [0.05, 0.1) is 41.3 Å². The van der Waals surface area contributed by atoms with E-state index >= 15 is 0 Å². The maximum Gasteiger partial charge on any atom is 0.243 e. The summed E-state index contributed by atoms with van der Waals surface area (Å²) >= 11 is 0. The molecule has 8 heteroatoms. The first-order chi connectivity index (χ1) is 15.1. The Labute approximate surface area is 180 Å². The molecule has 7 nitrogen and oxygen atoms in total. The number of aromatic nitrogens is 2. The first-order valence-electron chi connectivity index (χ1n) is 10.3. The van der Waals surface area contributed by atoms with Crippen LogP contribution in [0, 0.1) is 0 Å². The second-order valence-corrected chi connectivity index (χ2v) is 9.31. The van der Waals surface area contributed by atoms with Crippen molar-refractivity contribution in [2.75, 3.05) is 32.9 Å². The van der Waals surface area contributed by atoms with E-state index in [1.54, 1.807) is 18.2 Å². The smallest absolute Gasteiger partial charge is 0.243 e. The highest BCUT2D eigenvalue weighted by Gasteiger charge is 2.27. The zero-order valence-corrected chi connectivity index (χ0v) is 18.0. The van der Waals surface area contributed by atoms with Crippen LogP contribution in [0.2, 0.25) is 0 Å². The fraction of sp³-hybridized carbons (Fsp3) is 0.261. The third-order valence-electron chi connectivity index (χ3n) is 5.49. The molecule has 1 aromatic heterocycles. The van der Waals surface area contributed by atoms with E-state index in [2.05, 4.69) is 4.98 Å². The Morgan fingerprint density at radius 2 is 1.90 bits per heavy atom. The molecule has 0 saturated carbocycles. The summed E-state index contributed by atoms with van der Waals surface area (Å²) in [5, 5.41) is 2.10. The SMILES string of the molecule is CCOc1ccc2ccccc2c1-c1nc2ccc(S(=O)(=O)N3CCOCC3)cc2[nH]1. The molecule has 31 heavy (non-hydrogen) atoms. The van der Waals surface area contributed by atoms with Crippen molar-refractivity contribution >= 4 is 31.8 Å². The van der Waals surface area contributed by atoms with E-state index in [-0.39, 0.29) is 4.90 Å². The minimum Gasteiger partial charge on any atom is -0.493 e. The van der Waals surface area contributed by atoms with Gasteiger partial charge in [-0.3, -0.25) is 0 Å². The predicted octanol–water partition coefficient (Wildman–Crippen LogP) is 3.80. The Balaban J connectivity index is 1.62. The molecule has 160 valence electrons. The first-order valence-corrected chi connectivity index (χ1v) is 11.7. The van der Waals surface area contributed by atoms with Gasteiger partial charge in [-0.05, 0) is 42.0 Å². The van der Waals surface area contributed by atoms with Crippen LogP contribution < -0.4 is 4.74 Å². The number of rotatable bonds is 5. The van der Waals surface area contributed by atoms with Crippen LogP contribution in [-0.4, -0.2) is 55.6 Å². The van der Waals surface area contributed by atoms with Crippen LogP contribution in [0.25, 0.3) is 33.2 Å². The third-order valence-corrected chi connectivity index (χ3v) is 7.38. The van der Waals surface area contributed by atoms with Crippen molar-refractivity contribution in [1.29, 1.82) is 0 Å². The molecular formula is C23H23N3O4S. The van der Waals surface area contributed by atoms with Gasteiger partial charge in [-0.25, -0.2) is 13.4 Å². The Bertz CT molecular complexity index is 1360. The highest BCUT2D eigenvalue weighted by Crippen LogP contribution is 2.37. The molecule has 0 bridgehead atoms. The van der Waals surface area contributed by atoms with Crippen LogP contribution >= 0.6 is 0 Å². The highest BCUT2D eigenvalue weighted by atomic mass is 32.2. The van der Waals surface area contributed by atoms with E-state index in [1.165, 1.54) is 4.31 Å². The number of sulfonamides is 1. The number of H-pyrrole nitrogens is 1. The van der Waals surface area contributed by atoms with Gasteiger partial charge in [-0.15, -0.1) is 0 Å². The molecule has 0 atom stereocenters. The van der Waals surface area contributed by atoms with Crippen LogP contribution in [0.5, 0.6) is 5.75 Å². The number of benzene rings is 3. The van der Waals surface area contributed by atoms with E-state index in [4.69, 9.17) is 14.5 Å². The van der Waals surface area contributed by atoms with Gasteiger partial charge in [-0.2, -0.15) is 4.31 Å². The topological polar surface area (TPSA) is 84.5 Å². The predicted molar refractivity (Wildman–Crippen MR) is 120 cm³/mol. The van der Waals surface area contributed by atoms with Crippen LogP contribution in [0.4, 0.5) is 0 Å². The molecule has 3 aromatic carbocycles. The molecule has 0 aliphatic carbocycles. The number of morpholine rings is 1. The van der Waals surface area contributed by atoms with Crippen molar-refractivity contribution in [1.82, 2.24) is 14.3 Å². The summed E-state index contributed by atoms with van der Waals surface area (Å²) in [6.07, 6.45) is 0. The van der Waals surface area contributed by atoms with Gasteiger partial charge in [0.1, 0.15) is 11.6 Å². The van der Waals surface area contributed by atoms with Gasteiger partial charge in [0, 0.05) is 13.1 Å². The van der Waals surface area contributed by atoms with Crippen LogP contribution in [0.3, 0.4) is 0 Å². The molecule has 0 radical (unpaired) electrons. The Hall–Kier alpha value is -2.94. The maximum absolute atomic E-state index is 13.0. The molecule has 0 spiro atoms. The van der Waals surface area contributed by atoms with E-state index in [0.29, 0.717) is 49.8 Å². The standard InChI is InChI=1S/C23H23N3O4S/c1-2-30-21-10-7-16-5-3-4-6-18(16)22(21)23-24-19-9-8-17(15-20(19)25-23)31(27,28)26-11-13-29-14-12-26/h3-10,15H,2,11-14H2,1H3,(H,24,25). The lowest BCUT2D eigenvalue weighted by molar-refractivity contribution is 0.0730. The van der Waals surface area contributed by atoms with Crippen molar-refractivity contribution in [3.63, 3.8) is 0 Å². The van der Waals surface area contributed by atoms with E-state index in [9.17, 15) is 8.42 Å². The van der Waals surface area contributed by atoms with Crippen molar-refractivity contribution < 1.29 is 17.9 Å². The van der Waals surface area contributed by atoms with Crippen molar-refractivity contribution in [3.8, 4) is 17.1 Å². The molecule has 5 rings (SSSR count). The summed E-state index contributed by atoms with van der Waals surface area (Å²) in [7, 11) is -3.58. The number of nitrogens with zero attached hydrogens (tertiary/aromatic N) is 2. The van der Waals surface area contributed by atoms with Crippen LogP contribution in [0.1, 0.15) is 6.92 Å². The average Bonchev–Trinajstić information content (AvgIpc) is 3.22. The molecule has 1 aliphatic heterocycles. The lowest BCUT2D eigenvalue weighted by Gasteiger charge is -2.25. The molecule has 1 aliphatic rings. The van der Waals surface area contributed by atoms with Gasteiger partial charge in [0.15, 0.2) is 0 Å². The zero-order valence-electron chi connectivity index (χ0n) is 17.2. The molecule has 1 saturated heterocycles. The van der Waals surface area contributed by atoms with Gasteiger partial charge >= 0.3 is 0 Å². The number of nitrogens with one attached hydrogen (secondary N) is 1. The van der Waals surface area contributed by atoms with Crippen LogP contribution in [0.15, 0.2) is 59.5 Å². The first kappa shape index (κ1) is 20.0. The fourth-order valence-corrected chi connectivity index (χ4v) is 5.41. The summed E-state index contributed by atoms with van der Waals surface area (Å²) in [5.41, 5.74) is 2.24. The third kappa shape index (κ3) is 3.56. The second kappa shape index (κ2) is 7.96.